The van der Waals surface area contributed by atoms with Gasteiger partial charge in [0.15, 0.2) is 0 Å². The highest BCUT2D eigenvalue weighted by molar-refractivity contribution is 5.92. The fraction of sp³-hybridized carbons (Fsp3) is 0.733. The molecule has 118 valence electrons. The number of aromatic nitrogens is 2. The predicted octanol–water partition coefficient (Wildman–Crippen LogP) is 0.614. The van der Waals surface area contributed by atoms with E-state index < -0.39 is 0 Å². The van der Waals surface area contributed by atoms with Gasteiger partial charge in [0.05, 0.1) is 5.69 Å². The monoisotopic (exact) mass is 293 g/mol. The van der Waals surface area contributed by atoms with E-state index in [1.165, 1.54) is 0 Å². The number of nitrogens with zero attached hydrogens (tertiary/aromatic N) is 4. The lowest BCUT2D eigenvalue weighted by molar-refractivity contribution is 0.0547. The Hall–Kier alpha value is -1.40. The first-order valence-electron chi connectivity index (χ1n) is 7.80. The number of rotatable bonds is 5. The average molecular weight is 293 g/mol. The van der Waals surface area contributed by atoms with E-state index in [4.69, 9.17) is 5.73 Å². The summed E-state index contributed by atoms with van der Waals surface area (Å²) in [5, 5.41) is 4.25. The molecule has 1 atom stereocenters. The van der Waals surface area contributed by atoms with E-state index in [1.807, 2.05) is 24.9 Å². The zero-order chi connectivity index (χ0) is 15.4. The molecule has 0 saturated carbocycles. The van der Waals surface area contributed by atoms with E-state index in [-0.39, 0.29) is 5.91 Å². The molecule has 1 aliphatic heterocycles. The van der Waals surface area contributed by atoms with Crippen LogP contribution in [0.5, 0.6) is 0 Å². The largest absolute Gasteiger partial charge is 0.335 e. The summed E-state index contributed by atoms with van der Waals surface area (Å²) >= 11 is 0. The third kappa shape index (κ3) is 3.63. The van der Waals surface area contributed by atoms with E-state index in [0.717, 1.165) is 51.3 Å². The number of carbonyl (C=O) groups excluding carboxylic acids is 1. The van der Waals surface area contributed by atoms with E-state index in [1.54, 1.807) is 4.68 Å². The maximum absolute atomic E-state index is 12.5. The minimum absolute atomic E-state index is 0.0876. The Morgan fingerprint density at radius 1 is 1.38 bits per heavy atom. The van der Waals surface area contributed by atoms with Gasteiger partial charge < -0.3 is 10.6 Å². The number of piperazine rings is 1. The lowest BCUT2D eigenvalue weighted by atomic mass is 10.1. The van der Waals surface area contributed by atoms with Gasteiger partial charge in [0, 0.05) is 39.3 Å². The number of hydrogen-bond donors (Lipinski definition) is 1. The van der Waals surface area contributed by atoms with Crippen LogP contribution in [0.1, 0.15) is 35.9 Å². The molecule has 6 heteroatoms. The van der Waals surface area contributed by atoms with E-state index >= 15 is 0 Å². The van der Waals surface area contributed by atoms with Crippen molar-refractivity contribution in [1.82, 2.24) is 19.6 Å². The standard InChI is InChI=1S/C15H27N5O/c1-4-13(5-6-16)19-7-9-20(10-8-19)15(21)14-11-12(2)17-18(14)3/h11,13H,4-10,16H2,1-3H3. The highest BCUT2D eigenvalue weighted by atomic mass is 16.2. The van der Waals surface area contributed by atoms with Crippen molar-refractivity contribution in [3.8, 4) is 0 Å². The van der Waals surface area contributed by atoms with Crippen molar-refractivity contribution in [2.45, 2.75) is 32.7 Å². The molecular weight excluding hydrogens is 266 g/mol. The van der Waals surface area contributed by atoms with Crippen LogP contribution in [0.25, 0.3) is 0 Å². The summed E-state index contributed by atoms with van der Waals surface area (Å²) in [5.41, 5.74) is 7.24. The minimum atomic E-state index is 0.0876. The Bertz CT molecular complexity index is 476. The first-order chi connectivity index (χ1) is 10.1. The Kier molecular flexibility index (Phi) is 5.36. The Labute approximate surface area is 126 Å². The second-order valence-electron chi connectivity index (χ2n) is 5.76. The first kappa shape index (κ1) is 16.0. The van der Waals surface area contributed by atoms with Crippen molar-refractivity contribution in [2.24, 2.45) is 12.8 Å². The van der Waals surface area contributed by atoms with E-state index in [0.29, 0.717) is 11.7 Å². The second kappa shape index (κ2) is 7.04. The van der Waals surface area contributed by atoms with Crippen molar-refractivity contribution in [1.29, 1.82) is 0 Å². The van der Waals surface area contributed by atoms with Crippen LogP contribution in [0, 0.1) is 6.92 Å². The molecule has 1 aromatic rings. The van der Waals surface area contributed by atoms with Crippen molar-refractivity contribution in [3.63, 3.8) is 0 Å². The molecule has 0 aromatic carbocycles. The highest BCUT2D eigenvalue weighted by Crippen LogP contribution is 2.14. The zero-order valence-corrected chi connectivity index (χ0v) is 13.4. The molecule has 2 rings (SSSR count). The number of amides is 1. The predicted molar refractivity (Wildman–Crippen MR) is 83.2 cm³/mol. The fourth-order valence-corrected chi connectivity index (χ4v) is 3.10. The third-order valence-electron chi connectivity index (χ3n) is 4.31. The van der Waals surface area contributed by atoms with Crippen LogP contribution in [-0.4, -0.2) is 64.3 Å². The van der Waals surface area contributed by atoms with Crippen LogP contribution >= 0.6 is 0 Å². The molecular formula is C15H27N5O. The summed E-state index contributed by atoms with van der Waals surface area (Å²) in [6.45, 7) is 8.27. The summed E-state index contributed by atoms with van der Waals surface area (Å²) in [6, 6.07) is 2.41. The molecule has 21 heavy (non-hydrogen) atoms. The Morgan fingerprint density at radius 3 is 2.52 bits per heavy atom. The van der Waals surface area contributed by atoms with Gasteiger partial charge in [-0.2, -0.15) is 5.10 Å². The van der Waals surface area contributed by atoms with Crippen LogP contribution in [-0.2, 0) is 7.05 Å². The summed E-state index contributed by atoms with van der Waals surface area (Å²) in [7, 11) is 1.82. The molecule has 0 spiro atoms. The molecule has 1 aromatic heterocycles. The average Bonchev–Trinajstić information content (AvgIpc) is 2.83. The molecule has 2 heterocycles. The van der Waals surface area contributed by atoms with Crippen molar-refractivity contribution in [2.75, 3.05) is 32.7 Å². The summed E-state index contributed by atoms with van der Waals surface area (Å²) < 4.78 is 1.67. The highest BCUT2D eigenvalue weighted by Gasteiger charge is 2.26. The molecule has 1 aliphatic rings. The molecule has 0 radical (unpaired) electrons. The second-order valence-corrected chi connectivity index (χ2v) is 5.76. The van der Waals surface area contributed by atoms with E-state index in [9.17, 15) is 4.79 Å². The van der Waals surface area contributed by atoms with Crippen LogP contribution < -0.4 is 5.73 Å². The molecule has 0 bridgehead atoms. The first-order valence-corrected chi connectivity index (χ1v) is 7.80. The number of carbonyl (C=O) groups is 1. The molecule has 1 saturated heterocycles. The lowest BCUT2D eigenvalue weighted by Gasteiger charge is -2.39. The van der Waals surface area contributed by atoms with Gasteiger partial charge in [-0.3, -0.25) is 14.4 Å². The molecule has 6 nitrogen and oxygen atoms in total. The van der Waals surface area contributed by atoms with Crippen LogP contribution in [0.3, 0.4) is 0 Å². The van der Waals surface area contributed by atoms with Gasteiger partial charge in [0.25, 0.3) is 5.91 Å². The number of hydrogen-bond acceptors (Lipinski definition) is 4. The molecule has 0 aliphatic carbocycles. The minimum Gasteiger partial charge on any atom is -0.335 e. The van der Waals surface area contributed by atoms with Gasteiger partial charge in [0.1, 0.15) is 5.69 Å². The van der Waals surface area contributed by atoms with Gasteiger partial charge in [0.2, 0.25) is 0 Å². The van der Waals surface area contributed by atoms with Crippen molar-refractivity contribution in [3.05, 3.63) is 17.5 Å². The van der Waals surface area contributed by atoms with Crippen LogP contribution in [0.2, 0.25) is 0 Å². The van der Waals surface area contributed by atoms with Crippen molar-refractivity contribution < 1.29 is 4.79 Å². The number of aryl methyl sites for hydroxylation is 2. The Balaban J connectivity index is 1.94. The molecule has 1 fully saturated rings. The van der Waals surface area contributed by atoms with Gasteiger partial charge >= 0.3 is 0 Å². The molecule has 2 N–H and O–H groups in total. The van der Waals surface area contributed by atoms with Gasteiger partial charge in [-0.05, 0) is 32.4 Å². The van der Waals surface area contributed by atoms with E-state index in [2.05, 4.69) is 16.9 Å². The van der Waals surface area contributed by atoms with Crippen LogP contribution in [0.4, 0.5) is 0 Å². The zero-order valence-electron chi connectivity index (χ0n) is 13.4. The quantitative estimate of drug-likeness (QED) is 0.864. The normalized spacial score (nSPS) is 18.0. The van der Waals surface area contributed by atoms with Crippen LogP contribution in [0.15, 0.2) is 6.07 Å². The Morgan fingerprint density at radius 2 is 2.05 bits per heavy atom. The SMILES string of the molecule is CCC(CCN)N1CCN(C(=O)c2cc(C)nn2C)CC1. The smallest absolute Gasteiger partial charge is 0.272 e. The summed E-state index contributed by atoms with van der Waals surface area (Å²) in [4.78, 5) is 16.9. The van der Waals surface area contributed by atoms with Crippen molar-refractivity contribution >= 4 is 5.91 Å². The maximum Gasteiger partial charge on any atom is 0.272 e. The topological polar surface area (TPSA) is 67.4 Å². The lowest BCUT2D eigenvalue weighted by Crippen LogP contribution is -2.52. The van der Waals surface area contributed by atoms with Gasteiger partial charge in [-0.15, -0.1) is 0 Å². The van der Waals surface area contributed by atoms with Gasteiger partial charge in [-0.25, -0.2) is 0 Å². The molecule has 1 unspecified atom stereocenters. The maximum atomic E-state index is 12.5. The molecule has 1 amide bonds. The number of nitrogens with two attached hydrogens (primary N) is 1. The third-order valence-corrected chi connectivity index (χ3v) is 4.31. The van der Waals surface area contributed by atoms with Gasteiger partial charge in [-0.1, -0.05) is 6.92 Å². The summed E-state index contributed by atoms with van der Waals surface area (Å²) in [5.74, 6) is 0.0876. The summed E-state index contributed by atoms with van der Waals surface area (Å²) in [6.07, 6.45) is 2.15. The fourth-order valence-electron chi connectivity index (χ4n) is 3.10.